The lowest BCUT2D eigenvalue weighted by Gasteiger charge is -2.37. The summed E-state index contributed by atoms with van der Waals surface area (Å²) in [5.41, 5.74) is 3.90. The zero-order chi connectivity index (χ0) is 26.0. The van der Waals surface area contributed by atoms with Gasteiger partial charge in [0.05, 0.1) is 17.5 Å². The molecule has 0 spiro atoms. The van der Waals surface area contributed by atoms with Gasteiger partial charge in [-0.1, -0.05) is 29.4 Å². The van der Waals surface area contributed by atoms with E-state index in [1.807, 2.05) is 24.3 Å². The number of aliphatic imine (C=N–C) groups is 1. The van der Waals surface area contributed by atoms with Crippen LogP contribution in [0.15, 0.2) is 47.5 Å². The molecule has 8 nitrogen and oxygen atoms in total. The highest BCUT2D eigenvalue weighted by atomic mass is 35.5. The molecule has 2 aromatic carbocycles. The van der Waals surface area contributed by atoms with Crippen molar-refractivity contribution in [3.05, 3.63) is 58.6 Å². The minimum absolute atomic E-state index is 0.00795. The second-order valence-corrected chi connectivity index (χ2v) is 13.6. The summed E-state index contributed by atoms with van der Waals surface area (Å²) in [4.78, 5) is 21.9. The number of hydrogen-bond acceptors (Lipinski definition) is 8. The molecule has 3 aliphatic heterocycles. The lowest BCUT2D eigenvalue weighted by molar-refractivity contribution is 0.0951. The van der Waals surface area contributed by atoms with Crippen molar-refractivity contribution in [2.45, 2.75) is 24.6 Å². The molecule has 1 amide bonds. The van der Waals surface area contributed by atoms with Crippen LogP contribution in [0.25, 0.3) is 0 Å². The number of carbonyl (C=O) groups is 1. The van der Waals surface area contributed by atoms with Crippen LogP contribution in [-0.4, -0.2) is 86.5 Å². The summed E-state index contributed by atoms with van der Waals surface area (Å²) < 4.78 is 23.4. The average Bonchev–Trinajstić information content (AvgIpc) is 3.36. The molecule has 3 aliphatic rings. The Morgan fingerprint density at radius 3 is 2.59 bits per heavy atom. The molecule has 0 radical (unpaired) electrons. The van der Waals surface area contributed by atoms with Crippen molar-refractivity contribution in [3.8, 4) is 0 Å². The van der Waals surface area contributed by atoms with E-state index in [2.05, 4.69) is 38.4 Å². The van der Waals surface area contributed by atoms with Crippen LogP contribution in [-0.2, 0) is 9.84 Å². The number of piperazine rings is 1. The first-order valence-corrected chi connectivity index (χ1v) is 15.7. The van der Waals surface area contributed by atoms with Gasteiger partial charge in [0.1, 0.15) is 0 Å². The van der Waals surface area contributed by atoms with Gasteiger partial charge >= 0.3 is 0 Å². The lowest BCUT2D eigenvalue weighted by atomic mass is 10.1. The van der Waals surface area contributed by atoms with E-state index in [-0.39, 0.29) is 28.7 Å². The smallest absolute Gasteiger partial charge is 0.251 e. The molecule has 2 unspecified atom stereocenters. The van der Waals surface area contributed by atoms with Gasteiger partial charge in [-0.3, -0.25) is 14.7 Å². The van der Waals surface area contributed by atoms with E-state index in [4.69, 9.17) is 11.6 Å². The molecule has 198 valence electrons. The first kappa shape index (κ1) is 26.3. The van der Waals surface area contributed by atoms with Crippen LogP contribution >= 0.6 is 23.4 Å². The molecule has 0 aromatic heterocycles. The molecule has 5 rings (SSSR count). The van der Waals surface area contributed by atoms with Crippen molar-refractivity contribution < 1.29 is 13.2 Å². The Balaban J connectivity index is 1.01. The van der Waals surface area contributed by atoms with Gasteiger partial charge in [0.15, 0.2) is 15.0 Å². The molecule has 3 heterocycles. The molecule has 2 N–H and O–H groups in total. The molecule has 2 atom stereocenters. The summed E-state index contributed by atoms with van der Waals surface area (Å²) >= 11 is 7.67. The van der Waals surface area contributed by atoms with E-state index in [0.29, 0.717) is 12.1 Å². The summed E-state index contributed by atoms with van der Waals surface area (Å²) in [6.45, 7) is 7.64. The van der Waals surface area contributed by atoms with Crippen molar-refractivity contribution in [2.75, 3.05) is 61.0 Å². The molecule has 2 aromatic rings. The molecule has 2 saturated heterocycles. The maximum absolute atomic E-state index is 12.6. The second kappa shape index (κ2) is 11.2. The summed E-state index contributed by atoms with van der Waals surface area (Å²) in [5.74, 6) is 0.239. The number of carbonyl (C=O) groups excluding carboxylic acids is 1. The number of amidine groups is 1. The summed E-state index contributed by atoms with van der Waals surface area (Å²) in [6.07, 6.45) is 0.899. The van der Waals surface area contributed by atoms with Crippen LogP contribution in [0.3, 0.4) is 0 Å². The minimum atomic E-state index is -2.96. The molecule has 0 aliphatic carbocycles. The summed E-state index contributed by atoms with van der Waals surface area (Å²) in [5, 5.41) is 7.78. The van der Waals surface area contributed by atoms with Crippen molar-refractivity contribution >= 4 is 55.6 Å². The molecule has 11 heteroatoms. The molecule has 0 bridgehead atoms. The fraction of sp³-hybridized carbons (Fsp3) is 0.462. The van der Waals surface area contributed by atoms with Crippen LogP contribution in [0.5, 0.6) is 0 Å². The normalized spacial score (nSPS) is 23.0. The monoisotopic (exact) mass is 561 g/mol. The fourth-order valence-electron chi connectivity index (χ4n) is 4.99. The number of halogens is 1. The predicted molar refractivity (Wildman–Crippen MR) is 153 cm³/mol. The highest BCUT2D eigenvalue weighted by molar-refractivity contribution is 8.15. The molecule has 0 saturated carbocycles. The van der Waals surface area contributed by atoms with Gasteiger partial charge in [0.25, 0.3) is 5.91 Å². The van der Waals surface area contributed by atoms with Gasteiger partial charge in [0.2, 0.25) is 0 Å². The highest BCUT2D eigenvalue weighted by Crippen LogP contribution is 2.34. The third-order valence-electron chi connectivity index (χ3n) is 7.04. The SMILES string of the molecule is Cc1ccc(Cl)cc1N1CCN(CCCNC(=O)c2ccc(NC3=NC4CS(=O)(=O)CC4S3)cc2)CC1. The van der Waals surface area contributed by atoms with E-state index in [1.165, 1.54) is 23.0 Å². The Bertz CT molecular complexity index is 1280. The topological polar surface area (TPSA) is 94.1 Å². The van der Waals surface area contributed by atoms with Gasteiger partial charge in [0, 0.05) is 59.9 Å². The minimum Gasteiger partial charge on any atom is -0.369 e. The van der Waals surface area contributed by atoms with Gasteiger partial charge in [-0.2, -0.15) is 0 Å². The van der Waals surface area contributed by atoms with Gasteiger partial charge in [-0.15, -0.1) is 0 Å². The Morgan fingerprint density at radius 1 is 1.11 bits per heavy atom. The van der Waals surface area contributed by atoms with Crippen molar-refractivity contribution in [1.29, 1.82) is 0 Å². The van der Waals surface area contributed by atoms with Crippen molar-refractivity contribution in [1.82, 2.24) is 10.2 Å². The first-order valence-electron chi connectivity index (χ1n) is 12.6. The number of sulfone groups is 1. The summed E-state index contributed by atoms with van der Waals surface area (Å²) in [7, 11) is -2.96. The number of aryl methyl sites for hydroxylation is 1. The van der Waals surface area contributed by atoms with E-state index < -0.39 is 9.84 Å². The Labute approximate surface area is 227 Å². The van der Waals surface area contributed by atoms with Gasteiger partial charge in [-0.05, 0) is 61.9 Å². The number of nitrogens with one attached hydrogen (secondary N) is 2. The number of thioether (sulfide) groups is 1. The standard InChI is InChI=1S/C26H32ClN5O3S2/c1-18-3-6-20(27)15-23(18)32-13-11-31(12-14-32)10-2-9-28-25(33)19-4-7-21(8-5-19)29-26-30-22-16-37(34,35)17-24(22)36-26/h3-8,15,22,24H,2,9-14,16-17H2,1H3,(H,28,33)(H,29,30). The maximum atomic E-state index is 12.6. The Morgan fingerprint density at radius 2 is 1.86 bits per heavy atom. The Kier molecular flexibility index (Phi) is 7.99. The molecule has 2 fully saturated rings. The molecular weight excluding hydrogens is 530 g/mol. The first-order chi connectivity index (χ1) is 17.8. The third kappa shape index (κ3) is 6.60. The van der Waals surface area contributed by atoms with Crippen LogP contribution in [0.1, 0.15) is 22.3 Å². The van der Waals surface area contributed by atoms with Gasteiger partial charge in [-0.25, -0.2) is 8.42 Å². The van der Waals surface area contributed by atoms with Crippen LogP contribution in [0.4, 0.5) is 11.4 Å². The van der Waals surface area contributed by atoms with Crippen LogP contribution in [0.2, 0.25) is 5.02 Å². The van der Waals surface area contributed by atoms with Gasteiger partial charge < -0.3 is 15.5 Å². The number of anilines is 2. The summed E-state index contributed by atoms with van der Waals surface area (Å²) in [6, 6.07) is 13.2. The lowest BCUT2D eigenvalue weighted by Crippen LogP contribution is -2.47. The number of nitrogens with zero attached hydrogens (tertiary/aromatic N) is 3. The van der Waals surface area contributed by atoms with E-state index in [9.17, 15) is 13.2 Å². The van der Waals surface area contributed by atoms with Crippen molar-refractivity contribution in [2.24, 2.45) is 4.99 Å². The fourth-order valence-corrected chi connectivity index (χ4v) is 8.83. The quantitative estimate of drug-likeness (QED) is 0.501. The zero-order valence-electron chi connectivity index (χ0n) is 20.8. The van der Waals surface area contributed by atoms with Crippen LogP contribution < -0.4 is 15.5 Å². The maximum Gasteiger partial charge on any atom is 0.251 e. The second-order valence-electron chi connectivity index (χ2n) is 9.81. The number of hydrogen-bond donors (Lipinski definition) is 2. The third-order valence-corrected chi connectivity index (χ3v) is 10.4. The van der Waals surface area contributed by atoms with E-state index in [0.717, 1.165) is 55.0 Å². The predicted octanol–water partition coefficient (Wildman–Crippen LogP) is 3.27. The highest BCUT2D eigenvalue weighted by Gasteiger charge is 2.42. The largest absolute Gasteiger partial charge is 0.369 e. The number of fused-ring (bicyclic) bond motifs is 1. The number of amides is 1. The molecule has 37 heavy (non-hydrogen) atoms. The van der Waals surface area contributed by atoms with E-state index >= 15 is 0 Å². The number of benzene rings is 2. The van der Waals surface area contributed by atoms with E-state index in [1.54, 1.807) is 12.1 Å². The average molecular weight is 562 g/mol. The molecular formula is C26H32ClN5O3S2. The van der Waals surface area contributed by atoms with Crippen molar-refractivity contribution in [3.63, 3.8) is 0 Å². The van der Waals surface area contributed by atoms with Crippen LogP contribution in [0, 0.1) is 6.92 Å². The number of rotatable bonds is 7. The Hall–Kier alpha value is -2.27. The zero-order valence-corrected chi connectivity index (χ0v) is 23.2.